The Hall–Kier alpha value is -2.13. The Labute approximate surface area is 143 Å². The van der Waals surface area contributed by atoms with E-state index in [0.717, 1.165) is 36.8 Å². The lowest BCUT2D eigenvalue weighted by atomic mass is 10.0. The van der Waals surface area contributed by atoms with Crippen molar-refractivity contribution in [2.24, 2.45) is 0 Å². The summed E-state index contributed by atoms with van der Waals surface area (Å²) in [5.41, 5.74) is 4.62. The Kier molecular flexibility index (Phi) is 4.11. The number of fused-ring (bicyclic) bond motifs is 1. The Bertz CT molecular complexity index is 734. The van der Waals surface area contributed by atoms with Gasteiger partial charge in [0.05, 0.1) is 12.6 Å². The lowest BCUT2D eigenvalue weighted by Gasteiger charge is -2.30. The van der Waals surface area contributed by atoms with Crippen LogP contribution in [0.5, 0.6) is 0 Å². The molecule has 0 bridgehead atoms. The van der Waals surface area contributed by atoms with E-state index < -0.39 is 0 Å². The zero-order valence-corrected chi connectivity index (χ0v) is 14.1. The first-order valence-corrected chi connectivity index (χ1v) is 8.76. The van der Waals surface area contributed by atoms with Crippen LogP contribution in [0.1, 0.15) is 52.4 Å². The molecule has 2 aromatic rings. The smallest absolute Gasteiger partial charge is 0.254 e. The number of rotatable bonds is 5. The highest BCUT2D eigenvalue weighted by Gasteiger charge is 2.40. The first-order valence-electron chi connectivity index (χ1n) is 8.76. The number of carbonyl (C=O) groups is 1. The number of carbonyl (C=O) groups excluding carboxylic acids is 1. The van der Waals surface area contributed by atoms with E-state index in [2.05, 4.69) is 29.2 Å². The number of hydrogen-bond acceptors (Lipinski definition) is 2. The van der Waals surface area contributed by atoms with E-state index >= 15 is 0 Å². The van der Waals surface area contributed by atoms with Crippen LogP contribution in [0.25, 0.3) is 0 Å². The quantitative estimate of drug-likeness (QED) is 0.829. The Morgan fingerprint density at radius 3 is 2.54 bits per heavy atom. The molecule has 1 atom stereocenters. The van der Waals surface area contributed by atoms with E-state index in [0.29, 0.717) is 12.6 Å². The molecule has 1 fully saturated rings. The van der Waals surface area contributed by atoms with Crippen LogP contribution in [0, 0.1) is 0 Å². The van der Waals surface area contributed by atoms with Crippen molar-refractivity contribution in [2.75, 3.05) is 7.11 Å². The summed E-state index contributed by atoms with van der Waals surface area (Å²) in [5.74, 6) is 0.170. The van der Waals surface area contributed by atoms with Crippen molar-refractivity contribution in [3.05, 3.63) is 70.8 Å². The fourth-order valence-corrected chi connectivity index (χ4v) is 3.80. The predicted octanol–water partition coefficient (Wildman–Crippen LogP) is 4.13. The Morgan fingerprint density at radius 1 is 1.08 bits per heavy atom. The third-order valence-electron chi connectivity index (χ3n) is 5.12. The fraction of sp³-hybridized carbons (Fsp3) is 0.381. The highest BCUT2D eigenvalue weighted by atomic mass is 16.5. The van der Waals surface area contributed by atoms with Crippen LogP contribution in [0.15, 0.2) is 48.5 Å². The van der Waals surface area contributed by atoms with Crippen LogP contribution in [0.3, 0.4) is 0 Å². The molecule has 124 valence electrons. The lowest BCUT2D eigenvalue weighted by molar-refractivity contribution is 0.0658. The third kappa shape index (κ3) is 2.84. The topological polar surface area (TPSA) is 29.5 Å². The summed E-state index contributed by atoms with van der Waals surface area (Å²) < 4.78 is 5.15. The van der Waals surface area contributed by atoms with E-state index in [4.69, 9.17) is 4.74 Å². The average Bonchev–Trinajstić information content (AvgIpc) is 3.36. The third-order valence-corrected chi connectivity index (χ3v) is 5.12. The van der Waals surface area contributed by atoms with Crippen molar-refractivity contribution in [3.63, 3.8) is 0 Å². The zero-order chi connectivity index (χ0) is 16.5. The molecular formula is C21H23NO2. The molecule has 0 unspecified atom stereocenters. The molecular weight excluding hydrogens is 298 g/mol. The second kappa shape index (κ2) is 6.40. The molecule has 4 rings (SSSR count). The molecule has 0 spiro atoms. The van der Waals surface area contributed by atoms with Gasteiger partial charge in [-0.1, -0.05) is 36.4 Å². The van der Waals surface area contributed by atoms with Crippen LogP contribution in [0.2, 0.25) is 0 Å². The molecule has 2 aliphatic carbocycles. The fourth-order valence-electron chi connectivity index (χ4n) is 3.80. The summed E-state index contributed by atoms with van der Waals surface area (Å²) in [6, 6.07) is 17.1. The average molecular weight is 321 g/mol. The van der Waals surface area contributed by atoms with E-state index in [1.807, 2.05) is 24.3 Å². The van der Waals surface area contributed by atoms with Crippen LogP contribution in [-0.4, -0.2) is 24.0 Å². The normalized spacial score (nSPS) is 19.1. The van der Waals surface area contributed by atoms with Crippen molar-refractivity contribution in [2.45, 2.75) is 44.4 Å². The molecule has 0 radical (unpaired) electrons. The molecule has 2 aromatic carbocycles. The van der Waals surface area contributed by atoms with Gasteiger partial charge < -0.3 is 9.64 Å². The van der Waals surface area contributed by atoms with Gasteiger partial charge in [-0.15, -0.1) is 0 Å². The van der Waals surface area contributed by atoms with Crippen LogP contribution < -0.4 is 0 Å². The molecule has 3 nitrogen and oxygen atoms in total. The monoisotopic (exact) mass is 321 g/mol. The van der Waals surface area contributed by atoms with Gasteiger partial charge >= 0.3 is 0 Å². The highest BCUT2D eigenvalue weighted by Crippen LogP contribution is 2.42. The zero-order valence-electron chi connectivity index (χ0n) is 14.1. The molecule has 1 amide bonds. The van der Waals surface area contributed by atoms with Gasteiger partial charge in [0.25, 0.3) is 5.91 Å². The van der Waals surface area contributed by atoms with E-state index in [9.17, 15) is 4.79 Å². The maximum absolute atomic E-state index is 13.2. The first kappa shape index (κ1) is 15.4. The largest absolute Gasteiger partial charge is 0.380 e. The van der Waals surface area contributed by atoms with Crippen molar-refractivity contribution in [1.82, 2.24) is 4.90 Å². The minimum atomic E-state index is 0.170. The van der Waals surface area contributed by atoms with Gasteiger partial charge in [0.15, 0.2) is 0 Å². The van der Waals surface area contributed by atoms with Crippen LogP contribution in [0.4, 0.5) is 0 Å². The van der Waals surface area contributed by atoms with Gasteiger partial charge in [0, 0.05) is 18.7 Å². The van der Waals surface area contributed by atoms with Crippen molar-refractivity contribution >= 4 is 5.91 Å². The molecule has 0 N–H and O–H groups in total. The SMILES string of the molecule is COCc1ccc(C(=O)N(C2CC2)[C@H]2CCc3ccccc32)cc1. The van der Waals surface area contributed by atoms with E-state index in [-0.39, 0.29) is 11.9 Å². The summed E-state index contributed by atoms with van der Waals surface area (Å²) in [5, 5.41) is 0. The summed E-state index contributed by atoms with van der Waals surface area (Å²) in [4.78, 5) is 15.3. The highest BCUT2D eigenvalue weighted by molar-refractivity contribution is 5.95. The standard InChI is InChI=1S/C21H23NO2/c1-24-14-15-6-8-17(9-7-15)21(23)22(18-11-12-18)20-13-10-16-4-2-3-5-19(16)20/h2-9,18,20H,10-14H2,1H3/t20-/m0/s1. The maximum Gasteiger partial charge on any atom is 0.254 e. The molecule has 1 saturated carbocycles. The molecule has 0 aromatic heterocycles. The molecule has 0 aliphatic heterocycles. The summed E-state index contributed by atoms with van der Waals surface area (Å²) >= 11 is 0. The van der Waals surface area contributed by atoms with Crippen LogP contribution in [-0.2, 0) is 17.8 Å². The van der Waals surface area contributed by atoms with Crippen molar-refractivity contribution in [3.8, 4) is 0 Å². The summed E-state index contributed by atoms with van der Waals surface area (Å²) in [7, 11) is 1.69. The predicted molar refractivity (Wildman–Crippen MR) is 93.9 cm³/mol. The number of aryl methyl sites for hydroxylation is 1. The Morgan fingerprint density at radius 2 is 1.83 bits per heavy atom. The molecule has 0 saturated heterocycles. The lowest BCUT2D eigenvalue weighted by Crippen LogP contribution is -2.36. The van der Waals surface area contributed by atoms with E-state index in [1.54, 1.807) is 7.11 Å². The number of hydrogen-bond donors (Lipinski definition) is 0. The second-order valence-electron chi connectivity index (χ2n) is 6.83. The maximum atomic E-state index is 13.2. The second-order valence-corrected chi connectivity index (χ2v) is 6.83. The number of nitrogens with zero attached hydrogens (tertiary/aromatic N) is 1. The molecule has 2 aliphatic rings. The summed E-state index contributed by atoms with van der Waals surface area (Å²) in [6.45, 7) is 0.580. The van der Waals surface area contributed by atoms with Crippen molar-refractivity contribution in [1.29, 1.82) is 0 Å². The molecule has 3 heteroatoms. The number of methoxy groups -OCH3 is 1. The van der Waals surface area contributed by atoms with Gasteiger partial charge in [0.1, 0.15) is 0 Å². The van der Waals surface area contributed by atoms with Crippen LogP contribution >= 0.6 is 0 Å². The number of amides is 1. The van der Waals surface area contributed by atoms with Gasteiger partial charge in [-0.3, -0.25) is 4.79 Å². The van der Waals surface area contributed by atoms with Gasteiger partial charge in [-0.05, 0) is 54.5 Å². The first-order chi connectivity index (χ1) is 11.8. The minimum Gasteiger partial charge on any atom is -0.380 e. The van der Waals surface area contributed by atoms with E-state index in [1.165, 1.54) is 11.1 Å². The number of benzene rings is 2. The van der Waals surface area contributed by atoms with Gasteiger partial charge in [0.2, 0.25) is 0 Å². The van der Waals surface area contributed by atoms with Gasteiger partial charge in [-0.25, -0.2) is 0 Å². The summed E-state index contributed by atoms with van der Waals surface area (Å²) in [6.07, 6.45) is 4.38. The molecule has 24 heavy (non-hydrogen) atoms. The van der Waals surface area contributed by atoms with Crippen molar-refractivity contribution < 1.29 is 9.53 Å². The van der Waals surface area contributed by atoms with Gasteiger partial charge in [-0.2, -0.15) is 0 Å². The Balaban J connectivity index is 1.61. The minimum absolute atomic E-state index is 0.170. The molecule has 0 heterocycles. The number of ether oxygens (including phenoxy) is 1.